The number of benzene rings is 2. The van der Waals surface area contributed by atoms with Crippen LogP contribution in [0.2, 0.25) is 0 Å². The summed E-state index contributed by atoms with van der Waals surface area (Å²) in [7, 11) is 0. The highest BCUT2D eigenvalue weighted by Gasteiger charge is 2.14. The van der Waals surface area contributed by atoms with Crippen LogP contribution in [-0.4, -0.2) is 30.6 Å². The van der Waals surface area contributed by atoms with E-state index < -0.39 is 6.04 Å². The van der Waals surface area contributed by atoms with E-state index in [1.807, 2.05) is 6.07 Å². The third-order valence-corrected chi connectivity index (χ3v) is 3.90. The Bertz CT molecular complexity index is 711. The number of amides is 1. The predicted molar refractivity (Wildman–Crippen MR) is 96.5 cm³/mol. The maximum absolute atomic E-state index is 12.3. The Balaban J connectivity index is 2.00. The second kappa shape index (κ2) is 9.49. The van der Waals surface area contributed by atoms with Crippen LogP contribution >= 0.6 is 0 Å². The zero-order chi connectivity index (χ0) is 18.1. The monoisotopic (exact) mass is 338 g/mol. The molecule has 0 saturated carbocycles. The Kier molecular flexibility index (Phi) is 7.04. The Morgan fingerprint density at radius 3 is 2.12 bits per heavy atom. The van der Waals surface area contributed by atoms with Crippen LogP contribution in [0.3, 0.4) is 0 Å². The Morgan fingerprint density at radius 1 is 0.920 bits per heavy atom. The number of carbonyl (C=O) groups is 3. The van der Waals surface area contributed by atoms with Crippen LogP contribution in [0.1, 0.15) is 45.5 Å². The second-order valence-electron chi connectivity index (χ2n) is 5.77. The largest absolute Gasteiger partial charge is 0.343 e. The number of unbranched alkanes of at least 4 members (excludes halogenated alkanes) is 1. The molecule has 3 N–H and O–H groups in total. The van der Waals surface area contributed by atoms with Crippen LogP contribution in [0.15, 0.2) is 54.6 Å². The number of nitrogens with one attached hydrogen (secondary N) is 1. The summed E-state index contributed by atoms with van der Waals surface area (Å²) in [4.78, 5) is 35.6. The highest BCUT2D eigenvalue weighted by Crippen LogP contribution is 2.11. The van der Waals surface area contributed by atoms with Crippen molar-refractivity contribution < 1.29 is 14.4 Å². The second-order valence-corrected chi connectivity index (χ2v) is 5.77. The van der Waals surface area contributed by atoms with Crippen molar-refractivity contribution in [3.63, 3.8) is 0 Å². The van der Waals surface area contributed by atoms with E-state index in [9.17, 15) is 14.4 Å². The lowest BCUT2D eigenvalue weighted by Crippen LogP contribution is -2.36. The molecule has 0 radical (unpaired) electrons. The van der Waals surface area contributed by atoms with Crippen LogP contribution in [0.4, 0.5) is 0 Å². The van der Waals surface area contributed by atoms with Crippen LogP contribution in [-0.2, 0) is 4.79 Å². The van der Waals surface area contributed by atoms with E-state index in [0.29, 0.717) is 29.7 Å². The van der Waals surface area contributed by atoms with Crippen molar-refractivity contribution in [3.05, 3.63) is 71.3 Å². The summed E-state index contributed by atoms with van der Waals surface area (Å²) >= 11 is 0. The zero-order valence-corrected chi connectivity index (χ0v) is 14.0. The van der Waals surface area contributed by atoms with E-state index in [2.05, 4.69) is 5.32 Å². The molecule has 1 atom stereocenters. The van der Waals surface area contributed by atoms with E-state index in [0.717, 1.165) is 19.1 Å². The highest BCUT2D eigenvalue weighted by atomic mass is 16.2. The summed E-state index contributed by atoms with van der Waals surface area (Å²) in [6, 6.07) is 14.9. The molecule has 2 aromatic rings. The van der Waals surface area contributed by atoms with Crippen molar-refractivity contribution in [2.75, 3.05) is 6.54 Å². The van der Waals surface area contributed by atoms with Gasteiger partial charge in [-0.2, -0.15) is 0 Å². The van der Waals surface area contributed by atoms with Crippen LogP contribution < -0.4 is 11.1 Å². The van der Waals surface area contributed by atoms with Gasteiger partial charge in [-0.25, -0.2) is 0 Å². The summed E-state index contributed by atoms with van der Waals surface area (Å²) < 4.78 is 0. The van der Waals surface area contributed by atoms with Crippen molar-refractivity contribution in [2.45, 2.75) is 25.3 Å². The van der Waals surface area contributed by atoms with E-state index in [1.165, 1.54) is 0 Å². The standard InChI is InChI=1S/C20H22N2O3/c21-13-5-4-8-18(14-23)22-20(25)17-11-9-16(10-12-17)19(24)15-6-2-1-3-7-15/h1-3,6-7,9-12,14,18H,4-5,8,13,21H2,(H,22,25)/t18-/m0/s1. The number of rotatable bonds is 9. The van der Waals surface area contributed by atoms with Crippen LogP contribution in [0, 0.1) is 0 Å². The molecule has 5 nitrogen and oxygen atoms in total. The smallest absolute Gasteiger partial charge is 0.251 e. The quantitative estimate of drug-likeness (QED) is 0.417. The molecule has 0 heterocycles. The SMILES string of the molecule is NCCCC[C@@H](C=O)NC(=O)c1ccc(C(=O)c2ccccc2)cc1. The molecule has 130 valence electrons. The van der Waals surface area contributed by atoms with E-state index in [1.54, 1.807) is 48.5 Å². The number of aldehydes is 1. The summed E-state index contributed by atoms with van der Waals surface area (Å²) in [5, 5.41) is 2.69. The fraction of sp³-hybridized carbons (Fsp3) is 0.250. The number of nitrogens with two attached hydrogens (primary N) is 1. The van der Waals surface area contributed by atoms with Crippen molar-refractivity contribution >= 4 is 18.0 Å². The molecule has 0 fully saturated rings. The lowest BCUT2D eigenvalue weighted by atomic mass is 10.0. The van der Waals surface area contributed by atoms with Gasteiger partial charge in [0.2, 0.25) is 0 Å². The molecular formula is C20H22N2O3. The normalized spacial score (nSPS) is 11.6. The maximum Gasteiger partial charge on any atom is 0.251 e. The molecule has 1 amide bonds. The van der Waals surface area contributed by atoms with Gasteiger partial charge in [0.25, 0.3) is 5.91 Å². The lowest BCUT2D eigenvalue weighted by molar-refractivity contribution is -0.109. The van der Waals surface area contributed by atoms with Crippen LogP contribution in [0.25, 0.3) is 0 Å². The van der Waals surface area contributed by atoms with E-state index in [-0.39, 0.29) is 11.7 Å². The molecule has 0 bridgehead atoms. The summed E-state index contributed by atoms with van der Waals surface area (Å²) in [5.74, 6) is -0.427. The van der Waals surface area contributed by atoms with Gasteiger partial charge >= 0.3 is 0 Å². The van der Waals surface area contributed by atoms with Crippen molar-refractivity contribution in [2.24, 2.45) is 5.73 Å². The molecular weight excluding hydrogens is 316 g/mol. The first-order chi connectivity index (χ1) is 12.2. The van der Waals surface area contributed by atoms with Crippen molar-refractivity contribution in [1.29, 1.82) is 0 Å². The molecule has 0 spiro atoms. The van der Waals surface area contributed by atoms with Crippen molar-refractivity contribution in [3.8, 4) is 0 Å². The minimum Gasteiger partial charge on any atom is -0.343 e. The van der Waals surface area contributed by atoms with Gasteiger partial charge in [-0.1, -0.05) is 42.5 Å². The van der Waals surface area contributed by atoms with Gasteiger partial charge in [-0.3, -0.25) is 9.59 Å². The van der Waals surface area contributed by atoms with Gasteiger partial charge in [0, 0.05) is 16.7 Å². The van der Waals surface area contributed by atoms with Crippen molar-refractivity contribution in [1.82, 2.24) is 5.32 Å². The molecule has 25 heavy (non-hydrogen) atoms. The third-order valence-electron chi connectivity index (χ3n) is 3.90. The lowest BCUT2D eigenvalue weighted by Gasteiger charge is -2.12. The first kappa shape index (κ1) is 18.5. The zero-order valence-electron chi connectivity index (χ0n) is 14.0. The minimum absolute atomic E-state index is 0.0971. The van der Waals surface area contributed by atoms with Gasteiger partial charge in [-0.15, -0.1) is 0 Å². The summed E-state index contributed by atoms with van der Waals surface area (Å²) in [6.45, 7) is 0.566. The Hall–Kier alpha value is -2.79. The molecule has 0 unspecified atom stereocenters. The first-order valence-electron chi connectivity index (χ1n) is 8.31. The number of ketones is 1. The molecule has 5 heteroatoms. The average molecular weight is 338 g/mol. The van der Waals surface area contributed by atoms with Gasteiger partial charge in [0.1, 0.15) is 6.29 Å². The molecule has 0 aliphatic rings. The average Bonchev–Trinajstić information content (AvgIpc) is 2.67. The number of carbonyl (C=O) groups excluding carboxylic acids is 3. The van der Waals surface area contributed by atoms with Gasteiger partial charge < -0.3 is 15.8 Å². The molecule has 0 aromatic heterocycles. The molecule has 2 aromatic carbocycles. The molecule has 0 saturated heterocycles. The Morgan fingerprint density at radius 2 is 1.52 bits per heavy atom. The number of hydrogen-bond acceptors (Lipinski definition) is 4. The summed E-state index contributed by atoms with van der Waals surface area (Å²) in [5.41, 5.74) is 6.95. The Labute approximate surface area is 147 Å². The van der Waals surface area contributed by atoms with Gasteiger partial charge in [-0.05, 0) is 37.9 Å². The topological polar surface area (TPSA) is 89.3 Å². The number of hydrogen-bond donors (Lipinski definition) is 2. The van der Waals surface area contributed by atoms with E-state index >= 15 is 0 Å². The van der Waals surface area contributed by atoms with Gasteiger partial charge in [0.15, 0.2) is 5.78 Å². The fourth-order valence-electron chi connectivity index (χ4n) is 2.46. The first-order valence-corrected chi connectivity index (χ1v) is 8.31. The highest BCUT2D eigenvalue weighted by molar-refractivity contribution is 6.09. The maximum atomic E-state index is 12.3. The predicted octanol–water partition coefficient (Wildman–Crippen LogP) is 2.34. The third kappa shape index (κ3) is 5.36. The summed E-state index contributed by atoms with van der Waals surface area (Å²) in [6.07, 6.45) is 2.90. The molecule has 0 aliphatic heterocycles. The molecule has 0 aliphatic carbocycles. The van der Waals surface area contributed by atoms with Gasteiger partial charge in [0.05, 0.1) is 6.04 Å². The molecule has 2 rings (SSSR count). The van der Waals surface area contributed by atoms with E-state index in [4.69, 9.17) is 5.73 Å². The minimum atomic E-state index is -0.523. The fourth-order valence-corrected chi connectivity index (χ4v) is 2.46. The van der Waals surface area contributed by atoms with Crippen LogP contribution in [0.5, 0.6) is 0 Å².